The summed E-state index contributed by atoms with van der Waals surface area (Å²) >= 11 is 0. The molecule has 1 saturated heterocycles. The Morgan fingerprint density at radius 1 is 1.45 bits per heavy atom. The zero-order valence-electron chi connectivity index (χ0n) is 11.5. The summed E-state index contributed by atoms with van der Waals surface area (Å²) in [6, 6.07) is 4.00. The Hall–Kier alpha value is -1.95. The number of hydrogen-bond donors (Lipinski definition) is 1. The summed E-state index contributed by atoms with van der Waals surface area (Å²) in [5, 5.41) is 13.3. The molecule has 3 rings (SSSR count). The minimum Gasteiger partial charge on any atom is -0.480 e. The summed E-state index contributed by atoms with van der Waals surface area (Å²) in [7, 11) is 0. The summed E-state index contributed by atoms with van der Waals surface area (Å²) < 4.78 is 1.92. The van der Waals surface area contributed by atoms with Gasteiger partial charge in [-0.15, -0.1) is 0 Å². The smallest absolute Gasteiger partial charge is 0.317 e. The normalized spacial score (nSPS) is 17.6. The Kier molecular flexibility index (Phi) is 3.40. The van der Waals surface area contributed by atoms with Gasteiger partial charge in [-0.3, -0.25) is 9.69 Å². The number of fused-ring (bicyclic) bond motifs is 1. The van der Waals surface area contributed by atoms with Crippen molar-refractivity contribution in [3.8, 4) is 0 Å². The van der Waals surface area contributed by atoms with E-state index in [1.807, 2.05) is 34.7 Å². The molecule has 1 aliphatic rings. The average Bonchev–Trinajstić information content (AvgIpc) is 2.79. The van der Waals surface area contributed by atoms with Crippen LogP contribution < -0.4 is 0 Å². The van der Waals surface area contributed by atoms with Gasteiger partial charge in [0.2, 0.25) is 0 Å². The van der Waals surface area contributed by atoms with Crippen LogP contribution in [0.2, 0.25) is 0 Å². The van der Waals surface area contributed by atoms with Crippen molar-refractivity contribution in [1.82, 2.24) is 19.5 Å². The lowest BCUT2D eigenvalue weighted by Crippen LogP contribution is -2.37. The van der Waals surface area contributed by atoms with Crippen LogP contribution in [-0.2, 0) is 4.79 Å². The SMILES string of the molecule is Cc1cc2nccc(C3CCN(CC(=O)O)CC3)n2n1. The second kappa shape index (κ2) is 5.20. The lowest BCUT2D eigenvalue weighted by Gasteiger charge is -2.30. The highest BCUT2D eigenvalue weighted by atomic mass is 16.4. The van der Waals surface area contributed by atoms with Crippen LogP contribution in [0, 0.1) is 6.92 Å². The van der Waals surface area contributed by atoms with Gasteiger partial charge in [-0.2, -0.15) is 5.10 Å². The maximum atomic E-state index is 10.7. The molecule has 6 nitrogen and oxygen atoms in total. The molecule has 2 aromatic rings. The van der Waals surface area contributed by atoms with Crippen molar-refractivity contribution in [2.45, 2.75) is 25.7 Å². The van der Waals surface area contributed by atoms with E-state index in [1.54, 1.807) is 0 Å². The molecule has 0 bridgehead atoms. The Balaban J connectivity index is 1.78. The van der Waals surface area contributed by atoms with Crippen LogP contribution in [0.3, 0.4) is 0 Å². The van der Waals surface area contributed by atoms with Crippen LogP contribution in [0.25, 0.3) is 5.65 Å². The summed E-state index contributed by atoms with van der Waals surface area (Å²) in [6.45, 7) is 3.75. The number of carbonyl (C=O) groups is 1. The third kappa shape index (κ3) is 2.51. The van der Waals surface area contributed by atoms with Crippen molar-refractivity contribution < 1.29 is 9.90 Å². The second-order valence-corrected chi connectivity index (χ2v) is 5.37. The summed E-state index contributed by atoms with van der Waals surface area (Å²) in [5.41, 5.74) is 3.03. The van der Waals surface area contributed by atoms with E-state index in [-0.39, 0.29) is 6.54 Å². The van der Waals surface area contributed by atoms with E-state index in [0.29, 0.717) is 5.92 Å². The number of piperidine rings is 1. The van der Waals surface area contributed by atoms with Gasteiger partial charge >= 0.3 is 5.97 Å². The summed E-state index contributed by atoms with van der Waals surface area (Å²) in [4.78, 5) is 17.0. The highest BCUT2D eigenvalue weighted by Crippen LogP contribution is 2.27. The fourth-order valence-corrected chi connectivity index (χ4v) is 2.92. The molecule has 3 heterocycles. The molecule has 0 amide bonds. The molecule has 6 heteroatoms. The maximum absolute atomic E-state index is 10.7. The lowest BCUT2D eigenvalue weighted by atomic mass is 9.93. The minimum atomic E-state index is -0.752. The first-order chi connectivity index (χ1) is 9.63. The van der Waals surface area contributed by atoms with Gasteiger partial charge in [0.05, 0.1) is 12.2 Å². The highest BCUT2D eigenvalue weighted by Gasteiger charge is 2.23. The number of aromatic nitrogens is 3. The van der Waals surface area contributed by atoms with Crippen molar-refractivity contribution in [2.24, 2.45) is 0 Å². The summed E-state index contributed by atoms with van der Waals surface area (Å²) in [5.74, 6) is -0.331. The molecule has 0 saturated carbocycles. The van der Waals surface area contributed by atoms with Crippen molar-refractivity contribution >= 4 is 11.6 Å². The number of carboxylic acids is 1. The van der Waals surface area contributed by atoms with Crippen LogP contribution in [0.1, 0.15) is 30.1 Å². The Morgan fingerprint density at radius 3 is 2.90 bits per heavy atom. The zero-order chi connectivity index (χ0) is 14.1. The molecule has 0 radical (unpaired) electrons. The number of likely N-dealkylation sites (tertiary alicyclic amines) is 1. The van der Waals surface area contributed by atoms with Gasteiger partial charge in [-0.1, -0.05) is 0 Å². The van der Waals surface area contributed by atoms with E-state index in [9.17, 15) is 4.79 Å². The van der Waals surface area contributed by atoms with E-state index in [1.165, 1.54) is 5.69 Å². The van der Waals surface area contributed by atoms with Gasteiger partial charge < -0.3 is 5.11 Å². The molecule has 106 valence electrons. The number of nitrogens with zero attached hydrogens (tertiary/aromatic N) is 4. The van der Waals surface area contributed by atoms with E-state index in [4.69, 9.17) is 5.11 Å². The maximum Gasteiger partial charge on any atom is 0.317 e. The predicted molar refractivity (Wildman–Crippen MR) is 73.8 cm³/mol. The number of aryl methyl sites for hydroxylation is 1. The van der Waals surface area contributed by atoms with Crippen molar-refractivity contribution in [3.05, 3.63) is 29.7 Å². The van der Waals surface area contributed by atoms with Crippen molar-refractivity contribution in [3.63, 3.8) is 0 Å². The number of carboxylic acid groups (broad SMARTS) is 1. The van der Waals surface area contributed by atoms with Crippen molar-refractivity contribution in [2.75, 3.05) is 19.6 Å². The third-order valence-corrected chi connectivity index (χ3v) is 3.87. The number of rotatable bonds is 3. The first-order valence-corrected chi connectivity index (χ1v) is 6.89. The Morgan fingerprint density at radius 2 is 2.20 bits per heavy atom. The number of hydrogen-bond acceptors (Lipinski definition) is 4. The fraction of sp³-hybridized carbons (Fsp3) is 0.500. The molecule has 1 fully saturated rings. The van der Waals surface area contributed by atoms with E-state index in [2.05, 4.69) is 10.1 Å². The van der Waals surface area contributed by atoms with Gasteiger partial charge in [0.1, 0.15) is 0 Å². The molecule has 1 aliphatic heterocycles. The molecule has 20 heavy (non-hydrogen) atoms. The third-order valence-electron chi connectivity index (χ3n) is 3.87. The molecule has 1 N–H and O–H groups in total. The van der Waals surface area contributed by atoms with Crippen LogP contribution in [0.5, 0.6) is 0 Å². The van der Waals surface area contributed by atoms with Gasteiger partial charge in [0, 0.05) is 23.9 Å². The predicted octanol–water partition coefficient (Wildman–Crippen LogP) is 1.30. The van der Waals surface area contributed by atoms with Crippen LogP contribution >= 0.6 is 0 Å². The Labute approximate surface area is 117 Å². The molecule has 0 aliphatic carbocycles. The van der Waals surface area contributed by atoms with Gasteiger partial charge in [-0.05, 0) is 38.9 Å². The molecule has 0 unspecified atom stereocenters. The standard InChI is InChI=1S/C14H18N4O2/c1-10-8-13-15-5-2-12(18(13)16-10)11-3-6-17(7-4-11)9-14(19)20/h2,5,8,11H,3-4,6-7,9H2,1H3,(H,19,20). The molecule has 0 spiro atoms. The first kappa shape index (κ1) is 13.1. The van der Waals surface area contributed by atoms with Gasteiger partial charge in [0.15, 0.2) is 5.65 Å². The minimum absolute atomic E-state index is 0.138. The van der Waals surface area contributed by atoms with Crippen LogP contribution in [0.15, 0.2) is 18.3 Å². The van der Waals surface area contributed by atoms with E-state index in [0.717, 1.165) is 37.3 Å². The van der Waals surface area contributed by atoms with Gasteiger partial charge in [0.25, 0.3) is 0 Å². The van der Waals surface area contributed by atoms with Gasteiger partial charge in [-0.25, -0.2) is 9.50 Å². The average molecular weight is 274 g/mol. The molecule has 2 aromatic heterocycles. The monoisotopic (exact) mass is 274 g/mol. The molecule has 0 aromatic carbocycles. The topological polar surface area (TPSA) is 70.7 Å². The Bertz CT molecular complexity index is 629. The highest BCUT2D eigenvalue weighted by molar-refractivity contribution is 5.69. The van der Waals surface area contributed by atoms with Crippen LogP contribution in [0.4, 0.5) is 0 Å². The molecule has 0 atom stereocenters. The van der Waals surface area contributed by atoms with E-state index >= 15 is 0 Å². The summed E-state index contributed by atoms with van der Waals surface area (Å²) in [6.07, 6.45) is 3.76. The molecular weight excluding hydrogens is 256 g/mol. The first-order valence-electron chi connectivity index (χ1n) is 6.89. The van der Waals surface area contributed by atoms with Crippen molar-refractivity contribution in [1.29, 1.82) is 0 Å². The van der Waals surface area contributed by atoms with Crippen LogP contribution in [-0.4, -0.2) is 50.2 Å². The second-order valence-electron chi connectivity index (χ2n) is 5.37. The fourth-order valence-electron chi connectivity index (χ4n) is 2.92. The lowest BCUT2D eigenvalue weighted by molar-refractivity contribution is -0.138. The largest absolute Gasteiger partial charge is 0.480 e. The van der Waals surface area contributed by atoms with E-state index < -0.39 is 5.97 Å². The number of aliphatic carboxylic acids is 1. The zero-order valence-corrected chi connectivity index (χ0v) is 11.5. The quantitative estimate of drug-likeness (QED) is 0.913. The molecular formula is C14H18N4O2.